The van der Waals surface area contributed by atoms with Crippen molar-refractivity contribution in [3.05, 3.63) is 64.6 Å². The van der Waals surface area contributed by atoms with E-state index in [0.717, 1.165) is 35.9 Å². The van der Waals surface area contributed by atoms with Crippen LogP contribution in [0.25, 0.3) is 6.08 Å². The Balaban J connectivity index is 1.46. The van der Waals surface area contributed by atoms with Crippen LogP contribution in [0.2, 0.25) is 0 Å². The smallest absolute Gasteiger partial charge is 0.343 e. The van der Waals surface area contributed by atoms with E-state index in [1.165, 1.54) is 7.11 Å². The van der Waals surface area contributed by atoms with Crippen molar-refractivity contribution in [1.29, 1.82) is 0 Å². The van der Waals surface area contributed by atoms with Crippen molar-refractivity contribution >= 4 is 40.9 Å². The van der Waals surface area contributed by atoms with Crippen molar-refractivity contribution in [3.8, 4) is 11.5 Å². The van der Waals surface area contributed by atoms with Gasteiger partial charge in [-0.3, -0.25) is 19.3 Å². The maximum atomic E-state index is 12.8. The highest BCUT2D eigenvalue weighted by molar-refractivity contribution is 8.18. The SMILES string of the molecule is COc1cc(/C=C2\SC(=O)N(CC(=O)N3CCCCC3)C2=O)ccc1OC(=O)c1ccccc1. The number of rotatable bonds is 6. The third-order valence-electron chi connectivity index (χ3n) is 5.57. The van der Waals surface area contributed by atoms with Crippen molar-refractivity contribution in [2.45, 2.75) is 19.3 Å². The lowest BCUT2D eigenvalue weighted by Gasteiger charge is -2.27. The maximum absolute atomic E-state index is 12.8. The average Bonchev–Trinajstić information content (AvgIpc) is 3.13. The fraction of sp³-hybridized carbons (Fsp3) is 0.280. The summed E-state index contributed by atoms with van der Waals surface area (Å²) in [6, 6.07) is 13.4. The Kier molecular flexibility index (Phi) is 7.32. The number of ether oxygens (including phenoxy) is 2. The summed E-state index contributed by atoms with van der Waals surface area (Å²) >= 11 is 0.792. The maximum Gasteiger partial charge on any atom is 0.343 e. The van der Waals surface area contributed by atoms with E-state index in [2.05, 4.69) is 0 Å². The zero-order valence-electron chi connectivity index (χ0n) is 18.7. The minimum absolute atomic E-state index is 0.213. The number of hydrogen-bond acceptors (Lipinski definition) is 7. The molecule has 2 aromatic rings. The molecule has 3 amide bonds. The molecule has 2 fully saturated rings. The van der Waals surface area contributed by atoms with Crippen molar-refractivity contribution < 1.29 is 28.7 Å². The molecule has 2 aliphatic heterocycles. The Labute approximate surface area is 201 Å². The van der Waals surface area contributed by atoms with E-state index in [1.54, 1.807) is 59.5 Å². The van der Waals surface area contributed by atoms with Gasteiger partial charge in [0, 0.05) is 13.1 Å². The number of amides is 3. The van der Waals surface area contributed by atoms with Gasteiger partial charge in [0.1, 0.15) is 6.54 Å². The molecule has 2 aromatic carbocycles. The van der Waals surface area contributed by atoms with E-state index in [9.17, 15) is 19.2 Å². The van der Waals surface area contributed by atoms with Crippen molar-refractivity contribution in [3.63, 3.8) is 0 Å². The summed E-state index contributed by atoms with van der Waals surface area (Å²) in [6.07, 6.45) is 4.52. The van der Waals surface area contributed by atoms with E-state index in [0.29, 0.717) is 30.0 Å². The summed E-state index contributed by atoms with van der Waals surface area (Å²) in [4.78, 5) is 53.0. The number of imide groups is 1. The molecule has 0 N–H and O–H groups in total. The van der Waals surface area contributed by atoms with E-state index < -0.39 is 17.1 Å². The van der Waals surface area contributed by atoms with Gasteiger partial charge in [-0.2, -0.15) is 0 Å². The highest BCUT2D eigenvalue weighted by Gasteiger charge is 2.37. The minimum Gasteiger partial charge on any atom is -0.493 e. The van der Waals surface area contributed by atoms with Crippen LogP contribution in [-0.4, -0.2) is 59.6 Å². The monoisotopic (exact) mass is 480 g/mol. The predicted octanol–water partition coefficient (Wildman–Crippen LogP) is 3.96. The Morgan fingerprint density at radius 3 is 2.44 bits per heavy atom. The van der Waals surface area contributed by atoms with Crippen molar-refractivity contribution in [1.82, 2.24) is 9.80 Å². The molecule has 4 rings (SSSR count). The molecule has 9 heteroatoms. The van der Waals surface area contributed by atoms with E-state index in [4.69, 9.17) is 9.47 Å². The molecule has 176 valence electrons. The first kappa shape index (κ1) is 23.6. The second kappa shape index (κ2) is 10.6. The van der Waals surface area contributed by atoms with Gasteiger partial charge in [0.2, 0.25) is 5.91 Å². The van der Waals surface area contributed by atoms with Gasteiger partial charge >= 0.3 is 5.97 Å². The molecule has 0 aliphatic carbocycles. The van der Waals surface area contributed by atoms with Crippen LogP contribution in [0.5, 0.6) is 11.5 Å². The van der Waals surface area contributed by atoms with Crippen LogP contribution in [0.3, 0.4) is 0 Å². The molecule has 0 saturated carbocycles. The molecule has 0 aromatic heterocycles. The molecule has 0 unspecified atom stereocenters. The van der Waals surface area contributed by atoms with Crippen molar-refractivity contribution in [2.24, 2.45) is 0 Å². The molecule has 2 heterocycles. The Morgan fingerprint density at radius 1 is 1.00 bits per heavy atom. The fourth-order valence-electron chi connectivity index (χ4n) is 3.76. The van der Waals surface area contributed by atoms with Gasteiger partial charge in [0.25, 0.3) is 11.1 Å². The molecule has 2 saturated heterocycles. The highest BCUT2D eigenvalue weighted by Crippen LogP contribution is 2.35. The van der Waals surface area contributed by atoms with Crippen LogP contribution in [0.1, 0.15) is 35.2 Å². The minimum atomic E-state index is -0.522. The summed E-state index contributed by atoms with van der Waals surface area (Å²) < 4.78 is 10.8. The number of piperidine rings is 1. The standard InChI is InChI=1S/C25H24N2O6S/c1-32-20-14-17(10-11-19(20)33-24(30)18-8-4-2-5-9-18)15-21-23(29)27(25(31)34-21)16-22(28)26-12-6-3-7-13-26/h2,4-5,8-11,14-15H,3,6-7,12-13,16H2,1H3/b21-15-. The lowest BCUT2D eigenvalue weighted by atomic mass is 10.1. The number of carbonyl (C=O) groups is 4. The lowest BCUT2D eigenvalue weighted by molar-refractivity contribution is -0.136. The Morgan fingerprint density at radius 2 is 1.74 bits per heavy atom. The van der Waals surface area contributed by atoms with E-state index in [1.807, 2.05) is 0 Å². The molecule has 2 aliphatic rings. The van der Waals surface area contributed by atoms with Gasteiger partial charge in [-0.15, -0.1) is 0 Å². The highest BCUT2D eigenvalue weighted by atomic mass is 32.2. The number of esters is 1. The number of methoxy groups -OCH3 is 1. The largest absolute Gasteiger partial charge is 0.493 e. The summed E-state index contributed by atoms with van der Waals surface area (Å²) in [7, 11) is 1.44. The van der Waals surface area contributed by atoms with Crippen LogP contribution < -0.4 is 9.47 Å². The fourth-order valence-corrected chi connectivity index (χ4v) is 4.60. The zero-order valence-corrected chi connectivity index (χ0v) is 19.5. The number of likely N-dealkylation sites (tertiary alicyclic amines) is 1. The molecule has 34 heavy (non-hydrogen) atoms. The van der Waals surface area contributed by atoms with Gasteiger partial charge < -0.3 is 14.4 Å². The summed E-state index contributed by atoms with van der Waals surface area (Å²) in [5.74, 6) is -0.703. The van der Waals surface area contributed by atoms with Gasteiger partial charge in [0.15, 0.2) is 11.5 Å². The van der Waals surface area contributed by atoms with Crippen molar-refractivity contribution in [2.75, 3.05) is 26.7 Å². The number of hydrogen-bond donors (Lipinski definition) is 0. The zero-order chi connectivity index (χ0) is 24.1. The Bertz CT molecular complexity index is 1140. The van der Waals surface area contributed by atoms with Gasteiger partial charge in [-0.25, -0.2) is 4.79 Å². The van der Waals surface area contributed by atoms with Crippen LogP contribution in [0, 0.1) is 0 Å². The molecule has 8 nitrogen and oxygen atoms in total. The molecule has 0 radical (unpaired) electrons. The number of thioether (sulfide) groups is 1. The van der Waals surface area contributed by atoms with Crippen LogP contribution >= 0.6 is 11.8 Å². The third kappa shape index (κ3) is 5.31. The summed E-state index contributed by atoms with van der Waals surface area (Å²) in [6.45, 7) is 1.07. The summed E-state index contributed by atoms with van der Waals surface area (Å²) in [5, 5.41) is -0.470. The first-order chi connectivity index (χ1) is 16.5. The number of benzene rings is 2. The Hall–Kier alpha value is -3.59. The predicted molar refractivity (Wildman–Crippen MR) is 128 cm³/mol. The molecule has 0 bridgehead atoms. The van der Waals surface area contributed by atoms with E-state index >= 15 is 0 Å². The van der Waals surface area contributed by atoms with Crippen LogP contribution in [0.4, 0.5) is 4.79 Å². The van der Waals surface area contributed by atoms with Crippen LogP contribution in [0.15, 0.2) is 53.4 Å². The average molecular weight is 481 g/mol. The summed E-state index contributed by atoms with van der Waals surface area (Å²) in [5.41, 5.74) is 0.991. The second-order valence-corrected chi connectivity index (χ2v) is 8.87. The molecule has 0 atom stereocenters. The van der Waals surface area contributed by atoms with Crippen LogP contribution in [-0.2, 0) is 9.59 Å². The molecular weight excluding hydrogens is 456 g/mol. The van der Waals surface area contributed by atoms with Gasteiger partial charge in [-0.1, -0.05) is 24.3 Å². The first-order valence-electron chi connectivity index (χ1n) is 10.9. The third-order valence-corrected chi connectivity index (χ3v) is 6.48. The first-order valence-corrected chi connectivity index (χ1v) is 11.8. The van der Waals surface area contributed by atoms with Gasteiger partial charge in [-0.05, 0) is 66.9 Å². The number of carbonyl (C=O) groups excluding carboxylic acids is 4. The van der Waals surface area contributed by atoms with E-state index in [-0.39, 0.29) is 23.1 Å². The topological polar surface area (TPSA) is 93.2 Å². The lowest BCUT2D eigenvalue weighted by Crippen LogP contribution is -2.44. The number of nitrogens with zero attached hydrogens (tertiary/aromatic N) is 2. The van der Waals surface area contributed by atoms with Gasteiger partial charge in [0.05, 0.1) is 17.6 Å². The normalized spacial score (nSPS) is 17.3. The quantitative estimate of drug-likeness (QED) is 0.351. The molecular formula is C25H24N2O6S. The molecule has 0 spiro atoms. The second-order valence-electron chi connectivity index (χ2n) is 7.88.